The highest BCUT2D eigenvalue weighted by molar-refractivity contribution is 6.23. The van der Waals surface area contributed by atoms with Crippen molar-refractivity contribution >= 4 is 49.9 Å². The third-order valence-electron chi connectivity index (χ3n) is 17.9. The van der Waals surface area contributed by atoms with Crippen LogP contribution in [0.1, 0.15) is 152 Å². The number of allylic oxidation sites excluding steroid dienone is 11. The number of hydrogen-bond acceptors (Lipinski definition) is 4. The maximum Gasteiger partial charge on any atom is 0.164 e. The fourth-order valence-corrected chi connectivity index (χ4v) is 12.2. The van der Waals surface area contributed by atoms with Crippen molar-refractivity contribution in [1.29, 1.82) is 0 Å². The van der Waals surface area contributed by atoms with E-state index in [9.17, 15) is 0 Å². The van der Waals surface area contributed by atoms with Gasteiger partial charge >= 0.3 is 0 Å². The lowest BCUT2D eigenvalue weighted by molar-refractivity contribution is 0.491. The average Bonchev–Trinajstić information content (AvgIpc) is 0.737. The predicted octanol–water partition coefficient (Wildman–Crippen LogP) is 24.4. The van der Waals surface area contributed by atoms with Crippen molar-refractivity contribution in [1.82, 2.24) is 15.0 Å². The highest BCUT2D eigenvalue weighted by Crippen LogP contribution is 2.48. The van der Waals surface area contributed by atoms with Gasteiger partial charge in [-0.15, -0.1) is 18.1 Å². The quantitative estimate of drug-likeness (QED) is 0.0272. The Morgan fingerprint density at radius 2 is 1.00 bits per heavy atom. The van der Waals surface area contributed by atoms with E-state index in [0.29, 0.717) is 35.4 Å². The number of hydrogen-bond donors (Lipinski definition) is 0. The zero-order valence-electron chi connectivity index (χ0n) is 59.2. The lowest BCUT2D eigenvalue weighted by Gasteiger charge is -2.22. The molecule has 0 fully saturated rings. The van der Waals surface area contributed by atoms with Gasteiger partial charge in [-0.25, -0.2) is 24.9 Å². The summed E-state index contributed by atoms with van der Waals surface area (Å²) in [7, 11) is 0. The minimum absolute atomic E-state index is 0.00938. The van der Waals surface area contributed by atoms with Gasteiger partial charge in [0.25, 0.3) is 0 Å². The molecule has 5 nitrogen and oxygen atoms in total. The zero-order valence-corrected chi connectivity index (χ0v) is 59.2. The Kier molecular flexibility index (Phi) is 20.5. The molecule has 0 N–H and O–H groups in total. The van der Waals surface area contributed by atoms with Crippen LogP contribution in [0.4, 0.5) is 0 Å². The monoisotopic (exact) mass is 1250 g/mol. The van der Waals surface area contributed by atoms with E-state index in [-0.39, 0.29) is 27.6 Å². The van der Waals surface area contributed by atoms with Crippen LogP contribution in [0.15, 0.2) is 263 Å². The molecule has 0 bridgehead atoms. The highest BCUT2D eigenvalue weighted by atomic mass is 15.0. The molecule has 5 heteroatoms. The maximum atomic E-state index is 5.87. The number of benzene rings is 8. The first kappa shape index (κ1) is 68.6. The molecule has 9 aromatic rings. The third-order valence-corrected chi connectivity index (χ3v) is 17.9. The second kappa shape index (κ2) is 28.7. The summed E-state index contributed by atoms with van der Waals surface area (Å²) in [6, 6.07) is 61.0. The minimum Gasteiger partial charge on any atom is -0.237 e. The average molecular weight is 1250 g/mol. The van der Waals surface area contributed by atoms with Gasteiger partial charge in [0.05, 0.1) is 11.4 Å². The maximum absolute atomic E-state index is 5.87. The van der Waals surface area contributed by atoms with Gasteiger partial charge in [-0.3, -0.25) is 0 Å². The Bertz CT molecular complexity index is 4820. The minimum atomic E-state index is -0.0675. The largest absolute Gasteiger partial charge is 0.237 e. The molecule has 1 heterocycles. The first-order valence-corrected chi connectivity index (χ1v) is 33.8. The van der Waals surface area contributed by atoms with Gasteiger partial charge in [0, 0.05) is 40.2 Å². The van der Waals surface area contributed by atoms with E-state index >= 15 is 0 Å². The second-order valence-electron chi connectivity index (χ2n) is 28.9. The normalized spacial score (nSPS) is 14.1. The van der Waals surface area contributed by atoms with E-state index in [0.717, 1.165) is 106 Å². The SMILES string of the molecule is C#CC/C(=C\CC(C)C(N=C(C)C1=C=C=C(c2ccccc2-c2c3ccccc3c(-c3ccccc3-c3ccc(-c4nc(C5=CC=C=C(C(C)(C)C)C=C5)nc(-c5ccc(C(C)(C)C)cc5)n4)cc3)c3ccccc23)C=C1)=NC(=C)c1ccc(C(C)(C)C)cc1)C(C)(C)C.CC. The molecule has 2 aliphatic rings. The topological polar surface area (TPSA) is 63.4 Å². The van der Waals surface area contributed by atoms with Crippen molar-refractivity contribution in [3.05, 3.63) is 281 Å². The van der Waals surface area contributed by atoms with Gasteiger partial charge in [0.1, 0.15) is 5.84 Å². The van der Waals surface area contributed by atoms with E-state index in [4.69, 9.17) is 31.4 Å². The van der Waals surface area contributed by atoms with Crippen LogP contribution >= 0.6 is 0 Å². The van der Waals surface area contributed by atoms with Gasteiger partial charge in [-0.05, 0) is 142 Å². The second-order valence-corrected chi connectivity index (χ2v) is 28.9. The molecule has 1 aromatic heterocycles. The highest BCUT2D eigenvalue weighted by Gasteiger charge is 2.25. The van der Waals surface area contributed by atoms with E-state index in [1.165, 1.54) is 22.3 Å². The lowest BCUT2D eigenvalue weighted by atomic mass is 9.82. The van der Waals surface area contributed by atoms with Crippen LogP contribution in [-0.4, -0.2) is 26.5 Å². The smallest absolute Gasteiger partial charge is 0.164 e. The van der Waals surface area contributed by atoms with Crippen LogP contribution in [0.25, 0.3) is 94.5 Å². The molecular weight excluding hydrogens is 1160 g/mol. The fraction of sp³-hybridized carbons (Fsp3) is 0.253. The standard InChI is InChI=1S/C89H85N5.C2H6/c1-17-27-68(86(5,6)7)52-38-58(2)82(91-60(4)62-47-53-70(54-48-62)88(11,12)13)90-59(3)61-39-41-63(42-40-61)72-30-18-20-32-74(72)80-76-34-22-24-36-78(76)81(79-37-25-23-35-77(79)80)75-33-21-19-31-73(75)64-43-45-66(46-44-64)84-92-83(65-28-26-29-69(55-49-65)87(8,9)10)93-85(94-84)67-50-56-71(57-51-67)89(14,15)16;1-2/h1,18-26,28,30-37,39,41,43-58H,4,27,38H2,2-3,5-16H3;1-2H3/b68-52+,90-59?,91-82?;. The van der Waals surface area contributed by atoms with Gasteiger partial charge < -0.3 is 0 Å². The number of aliphatic imine (C=N–C) groups is 2. The fourth-order valence-electron chi connectivity index (χ4n) is 12.2. The van der Waals surface area contributed by atoms with Gasteiger partial charge in [0.2, 0.25) is 0 Å². The third kappa shape index (κ3) is 15.4. The van der Waals surface area contributed by atoms with Crippen molar-refractivity contribution in [2.75, 3.05) is 0 Å². The Hall–Kier alpha value is -10.3. The van der Waals surface area contributed by atoms with Crippen molar-refractivity contribution in [2.45, 2.75) is 134 Å². The van der Waals surface area contributed by atoms with Crippen LogP contribution < -0.4 is 0 Å². The lowest BCUT2D eigenvalue weighted by Crippen LogP contribution is -2.14. The molecule has 96 heavy (non-hydrogen) atoms. The Balaban J connectivity index is 0.00000496. The van der Waals surface area contributed by atoms with Gasteiger partial charge in [0.15, 0.2) is 17.5 Å². The number of amidine groups is 1. The molecule has 0 saturated heterocycles. The summed E-state index contributed by atoms with van der Waals surface area (Å²) in [5.41, 5.74) is 30.1. The van der Waals surface area contributed by atoms with E-state index in [2.05, 4.69) is 320 Å². The first-order chi connectivity index (χ1) is 45.8. The molecule has 0 amide bonds. The molecule has 480 valence electrons. The van der Waals surface area contributed by atoms with Crippen molar-refractivity contribution in [2.24, 2.45) is 26.7 Å². The summed E-state index contributed by atoms with van der Waals surface area (Å²) >= 11 is 0. The first-order valence-electron chi connectivity index (χ1n) is 33.8. The number of fused-ring (bicyclic) bond motifs is 2. The number of nitrogens with zero attached hydrogens (tertiary/aromatic N) is 5. The van der Waals surface area contributed by atoms with Crippen LogP contribution in [0.3, 0.4) is 0 Å². The summed E-state index contributed by atoms with van der Waals surface area (Å²) < 4.78 is 0. The molecule has 11 rings (SSSR count). The van der Waals surface area contributed by atoms with E-state index in [1.54, 1.807) is 0 Å². The van der Waals surface area contributed by atoms with Crippen molar-refractivity contribution in [3.63, 3.8) is 0 Å². The van der Waals surface area contributed by atoms with Crippen molar-refractivity contribution in [3.8, 4) is 68.5 Å². The van der Waals surface area contributed by atoms with Crippen LogP contribution in [-0.2, 0) is 10.8 Å². The summed E-state index contributed by atoms with van der Waals surface area (Å²) in [6.07, 6.45) is 22.0. The van der Waals surface area contributed by atoms with Crippen LogP contribution in [0, 0.1) is 29.1 Å². The molecule has 2 aliphatic carbocycles. The summed E-state index contributed by atoms with van der Waals surface area (Å²) in [6.45, 7) is 39.3. The van der Waals surface area contributed by atoms with Gasteiger partial charge in [-0.1, -0.05) is 316 Å². The Morgan fingerprint density at radius 3 is 1.49 bits per heavy atom. The summed E-state index contributed by atoms with van der Waals surface area (Å²) in [5.74, 6) is 5.37. The summed E-state index contributed by atoms with van der Waals surface area (Å²) in [4.78, 5) is 25.9. The molecule has 0 aliphatic heterocycles. The van der Waals surface area contributed by atoms with E-state index in [1.807, 2.05) is 32.9 Å². The van der Waals surface area contributed by atoms with Crippen LogP contribution in [0.5, 0.6) is 0 Å². The molecule has 0 radical (unpaired) electrons. The molecule has 1 unspecified atom stereocenters. The molecular formula is C91H91N5. The Morgan fingerprint density at radius 1 is 0.531 bits per heavy atom. The molecule has 1 atom stereocenters. The number of terminal acetylenes is 1. The summed E-state index contributed by atoms with van der Waals surface area (Å²) in [5, 5.41) is 4.63. The molecule has 8 aromatic carbocycles. The predicted molar refractivity (Wildman–Crippen MR) is 413 cm³/mol. The van der Waals surface area contributed by atoms with Gasteiger partial charge in [-0.2, -0.15) is 0 Å². The van der Waals surface area contributed by atoms with Crippen molar-refractivity contribution < 1.29 is 0 Å². The van der Waals surface area contributed by atoms with E-state index < -0.39 is 0 Å². The molecule has 0 spiro atoms. The molecule has 0 saturated carbocycles. The number of aromatic nitrogens is 3. The number of rotatable bonds is 14. The van der Waals surface area contributed by atoms with Crippen LogP contribution in [0.2, 0.25) is 0 Å². The Labute approximate surface area is 572 Å². The zero-order chi connectivity index (χ0) is 68.7.